The van der Waals surface area contributed by atoms with Gasteiger partial charge in [0.05, 0.1) is 0 Å². The summed E-state index contributed by atoms with van der Waals surface area (Å²) in [6, 6.07) is 0. The zero-order valence-corrected chi connectivity index (χ0v) is 9.08. The maximum Gasteiger partial charge on any atom is 0.232 e. The average Bonchev–Trinajstić information content (AvgIpc) is 2.38. The van der Waals surface area contributed by atoms with Gasteiger partial charge in [-0.15, -0.1) is 0 Å². The van der Waals surface area contributed by atoms with E-state index in [0.717, 1.165) is 0 Å². The van der Waals surface area contributed by atoms with Gasteiger partial charge in [0, 0.05) is 18.9 Å². The fraction of sp³-hybridized carbons (Fsp3) is 0.545. The number of hydrogen-bond acceptors (Lipinski definition) is 3. The van der Waals surface area contributed by atoms with Crippen LogP contribution in [-0.2, 0) is 14.4 Å². The van der Waals surface area contributed by atoms with Gasteiger partial charge in [0.2, 0.25) is 11.8 Å². The van der Waals surface area contributed by atoms with Crippen LogP contribution in [-0.4, -0.2) is 29.0 Å². The van der Waals surface area contributed by atoms with Crippen LogP contribution in [0.4, 0.5) is 0 Å². The summed E-state index contributed by atoms with van der Waals surface area (Å²) in [5, 5.41) is 0. The zero-order valence-electron chi connectivity index (χ0n) is 9.08. The second-order valence-corrected chi connectivity index (χ2v) is 3.90. The second-order valence-electron chi connectivity index (χ2n) is 3.90. The molecular weight excluding hydrogens is 194 g/mol. The Labute approximate surface area is 88.9 Å². The summed E-state index contributed by atoms with van der Waals surface area (Å²) < 4.78 is 0. The van der Waals surface area contributed by atoms with E-state index in [1.165, 1.54) is 11.8 Å². The molecule has 0 aliphatic carbocycles. The van der Waals surface area contributed by atoms with E-state index < -0.39 is 0 Å². The fourth-order valence-electron chi connectivity index (χ4n) is 1.51. The zero-order chi connectivity index (χ0) is 11.6. The number of Topliss-reactive ketones (excluding diaryl/α,β-unsaturated/α-hetero) is 1. The number of likely N-dealkylation sites (tertiary alicyclic amines) is 1. The Bertz CT molecular complexity index is 333. The van der Waals surface area contributed by atoms with Crippen LogP contribution in [0.25, 0.3) is 0 Å². The summed E-state index contributed by atoms with van der Waals surface area (Å²) >= 11 is 0. The predicted octanol–water partition coefficient (Wildman–Crippen LogP) is 0.917. The van der Waals surface area contributed by atoms with Crippen molar-refractivity contribution in [1.29, 1.82) is 0 Å². The lowest BCUT2D eigenvalue weighted by molar-refractivity contribution is -0.139. The fourth-order valence-corrected chi connectivity index (χ4v) is 1.51. The van der Waals surface area contributed by atoms with Crippen molar-refractivity contribution in [3.05, 3.63) is 12.2 Å². The first kappa shape index (κ1) is 11.6. The average molecular weight is 209 g/mol. The van der Waals surface area contributed by atoms with Crippen LogP contribution in [0.3, 0.4) is 0 Å². The SMILES string of the molecule is C=C(CCN1C(=O)CC(C)C1=O)C(C)=O. The van der Waals surface area contributed by atoms with Crippen LogP contribution in [0.15, 0.2) is 12.2 Å². The van der Waals surface area contributed by atoms with E-state index >= 15 is 0 Å². The Morgan fingerprint density at radius 2 is 2.13 bits per heavy atom. The first-order valence-electron chi connectivity index (χ1n) is 4.96. The lowest BCUT2D eigenvalue weighted by Gasteiger charge is -2.14. The molecule has 0 aromatic carbocycles. The van der Waals surface area contributed by atoms with Crippen molar-refractivity contribution in [2.24, 2.45) is 5.92 Å². The highest BCUT2D eigenvalue weighted by molar-refractivity contribution is 6.03. The molecule has 1 saturated heterocycles. The van der Waals surface area contributed by atoms with E-state index in [0.29, 0.717) is 12.0 Å². The Hall–Kier alpha value is -1.45. The van der Waals surface area contributed by atoms with Crippen molar-refractivity contribution in [2.75, 3.05) is 6.54 Å². The maximum atomic E-state index is 11.5. The number of imide groups is 1. The second kappa shape index (κ2) is 4.38. The molecule has 15 heavy (non-hydrogen) atoms. The molecule has 0 bridgehead atoms. The third-order valence-corrected chi connectivity index (χ3v) is 2.60. The van der Waals surface area contributed by atoms with E-state index in [9.17, 15) is 14.4 Å². The van der Waals surface area contributed by atoms with Crippen LogP contribution in [0.5, 0.6) is 0 Å². The summed E-state index contributed by atoms with van der Waals surface area (Å²) in [4.78, 5) is 35.0. The van der Waals surface area contributed by atoms with Gasteiger partial charge < -0.3 is 0 Å². The minimum absolute atomic E-state index is 0.0952. The standard InChI is InChI=1S/C11H15NO3/c1-7(9(3)13)4-5-12-10(14)6-8(2)11(12)15/h8H,1,4-6H2,2-3H3. The van der Waals surface area contributed by atoms with Gasteiger partial charge in [0.25, 0.3) is 0 Å². The summed E-state index contributed by atoms with van der Waals surface area (Å²) in [6.45, 7) is 7.03. The molecule has 0 saturated carbocycles. The molecule has 1 heterocycles. The molecule has 2 amide bonds. The quantitative estimate of drug-likeness (QED) is 0.511. The lowest BCUT2D eigenvalue weighted by atomic mass is 10.1. The number of hydrogen-bond donors (Lipinski definition) is 0. The molecule has 0 spiro atoms. The van der Waals surface area contributed by atoms with Gasteiger partial charge in [0.15, 0.2) is 5.78 Å². The van der Waals surface area contributed by atoms with Crippen molar-refractivity contribution >= 4 is 17.6 Å². The summed E-state index contributed by atoms with van der Waals surface area (Å²) in [6.07, 6.45) is 0.658. The monoisotopic (exact) mass is 209 g/mol. The molecule has 4 nitrogen and oxygen atoms in total. The molecule has 1 atom stereocenters. The van der Waals surface area contributed by atoms with Crippen LogP contribution in [0, 0.1) is 5.92 Å². The summed E-state index contributed by atoms with van der Waals surface area (Å²) in [5.41, 5.74) is 0.454. The highest BCUT2D eigenvalue weighted by atomic mass is 16.2. The topological polar surface area (TPSA) is 54.5 Å². The van der Waals surface area contributed by atoms with Gasteiger partial charge >= 0.3 is 0 Å². The molecule has 82 valence electrons. The van der Waals surface area contributed by atoms with E-state index in [4.69, 9.17) is 0 Å². The first-order chi connectivity index (χ1) is 6.93. The van der Waals surface area contributed by atoms with Crippen LogP contribution < -0.4 is 0 Å². The molecule has 0 radical (unpaired) electrons. The van der Waals surface area contributed by atoms with Gasteiger partial charge in [-0.3, -0.25) is 19.3 Å². The molecule has 1 rings (SSSR count). The van der Waals surface area contributed by atoms with E-state index in [2.05, 4.69) is 6.58 Å². The highest BCUT2D eigenvalue weighted by Gasteiger charge is 2.34. The Morgan fingerprint density at radius 3 is 2.53 bits per heavy atom. The molecular formula is C11H15NO3. The van der Waals surface area contributed by atoms with Gasteiger partial charge in [0.1, 0.15) is 0 Å². The third-order valence-electron chi connectivity index (χ3n) is 2.60. The van der Waals surface area contributed by atoms with Gasteiger partial charge in [-0.1, -0.05) is 13.5 Å². The molecule has 0 aromatic rings. The van der Waals surface area contributed by atoms with Crippen LogP contribution in [0.2, 0.25) is 0 Å². The Balaban J connectivity index is 2.52. The largest absolute Gasteiger partial charge is 0.295 e. The molecule has 0 aromatic heterocycles. The van der Waals surface area contributed by atoms with Crippen molar-refractivity contribution in [2.45, 2.75) is 26.7 Å². The molecule has 1 aliphatic heterocycles. The molecule has 0 N–H and O–H groups in total. The van der Waals surface area contributed by atoms with E-state index in [1.807, 2.05) is 0 Å². The maximum absolute atomic E-state index is 11.5. The number of carbonyl (C=O) groups excluding carboxylic acids is 3. The van der Waals surface area contributed by atoms with Crippen molar-refractivity contribution < 1.29 is 14.4 Å². The smallest absolute Gasteiger partial charge is 0.232 e. The number of carbonyl (C=O) groups is 3. The minimum atomic E-state index is -0.219. The Morgan fingerprint density at radius 1 is 1.53 bits per heavy atom. The molecule has 1 fully saturated rings. The summed E-state index contributed by atoms with van der Waals surface area (Å²) in [5.74, 6) is -0.606. The predicted molar refractivity (Wildman–Crippen MR) is 54.9 cm³/mol. The number of rotatable bonds is 4. The van der Waals surface area contributed by atoms with Gasteiger partial charge in [-0.25, -0.2) is 0 Å². The molecule has 1 unspecified atom stereocenters. The number of nitrogens with zero attached hydrogens (tertiary/aromatic N) is 1. The van der Waals surface area contributed by atoms with Crippen molar-refractivity contribution in [3.8, 4) is 0 Å². The van der Waals surface area contributed by atoms with E-state index in [1.54, 1.807) is 6.92 Å². The first-order valence-corrected chi connectivity index (χ1v) is 4.96. The highest BCUT2D eigenvalue weighted by Crippen LogP contribution is 2.19. The molecule has 4 heteroatoms. The Kier molecular flexibility index (Phi) is 3.39. The third kappa shape index (κ3) is 2.52. The van der Waals surface area contributed by atoms with Crippen molar-refractivity contribution in [1.82, 2.24) is 4.90 Å². The number of amides is 2. The summed E-state index contributed by atoms with van der Waals surface area (Å²) in [7, 11) is 0. The van der Waals surface area contributed by atoms with Crippen molar-refractivity contribution in [3.63, 3.8) is 0 Å². The van der Waals surface area contributed by atoms with Gasteiger partial charge in [-0.05, 0) is 18.9 Å². The van der Waals surface area contributed by atoms with Crippen LogP contribution >= 0.6 is 0 Å². The lowest BCUT2D eigenvalue weighted by Crippen LogP contribution is -2.31. The van der Waals surface area contributed by atoms with Crippen LogP contribution in [0.1, 0.15) is 26.7 Å². The molecule has 1 aliphatic rings. The minimum Gasteiger partial charge on any atom is -0.295 e. The normalized spacial score (nSPS) is 20.9. The van der Waals surface area contributed by atoms with E-state index in [-0.39, 0.29) is 36.5 Å². The van der Waals surface area contributed by atoms with Gasteiger partial charge in [-0.2, -0.15) is 0 Å². The number of ketones is 1.